The molecule has 1 aromatic carbocycles. The van der Waals surface area contributed by atoms with Crippen LogP contribution in [0, 0.1) is 11.8 Å². The van der Waals surface area contributed by atoms with E-state index in [-0.39, 0.29) is 29.1 Å². The summed E-state index contributed by atoms with van der Waals surface area (Å²) in [6.45, 7) is 8.52. The molecule has 1 aliphatic rings. The van der Waals surface area contributed by atoms with Gasteiger partial charge in [-0.15, -0.1) is 11.8 Å². The standard InChI is InChI=1S/C18H24BrNO3S/c1-11(2)9-23-18(22)15-10-24-17(12(3)4)20(15)16(21)13-5-7-14(19)8-6-13/h5-8,11-12,15,17H,9-10H2,1-4H3. The van der Waals surface area contributed by atoms with Gasteiger partial charge in [0, 0.05) is 15.8 Å². The Balaban J connectivity index is 2.23. The van der Waals surface area contributed by atoms with E-state index in [1.54, 1.807) is 28.8 Å². The maximum atomic E-state index is 13.0. The Labute approximate surface area is 156 Å². The topological polar surface area (TPSA) is 46.6 Å². The Hall–Kier alpha value is -1.01. The number of thioether (sulfide) groups is 1. The molecule has 0 radical (unpaired) electrons. The Morgan fingerprint density at radius 2 is 1.88 bits per heavy atom. The maximum absolute atomic E-state index is 13.0. The number of halogens is 1. The van der Waals surface area contributed by atoms with E-state index < -0.39 is 6.04 Å². The lowest BCUT2D eigenvalue weighted by Crippen LogP contribution is -2.47. The van der Waals surface area contributed by atoms with Crippen LogP contribution in [0.1, 0.15) is 38.1 Å². The molecule has 0 saturated carbocycles. The van der Waals surface area contributed by atoms with Gasteiger partial charge in [-0.25, -0.2) is 4.79 Å². The van der Waals surface area contributed by atoms with Gasteiger partial charge in [0.25, 0.3) is 5.91 Å². The maximum Gasteiger partial charge on any atom is 0.329 e. The van der Waals surface area contributed by atoms with Crippen molar-refractivity contribution < 1.29 is 14.3 Å². The predicted octanol–water partition coefficient (Wildman–Crippen LogP) is 4.19. The molecule has 4 nitrogen and oxygen atoms in total. The number of hydrogen-bond acceptors (Lipinski definition) is 4. The molecule has 1 aliphatic heterocycles. The van der Waals surface area contributed by atoms with Crippen LogP contribution < -0.4 is 0 Å². The van der Waals surface area contributed by atoms with E-state index in [1.807, 2.05) is 26.0 Å². The summed E-state index contributed by atoms with van der Waals surface area (Å²) in [5.41, 5.74) is 0.591. The molecule has 1 aromatic rings. The van der Waals surface area contributed by atoms with Gasteiger partial charge in [-0.3, -0.25) is 4.79 Å². The Morgan fingerprint density at radius 1 is 1.25 bits per heavy atom. The molecule has 132 valence electrons. The molecule has 0 aromatic heterocycles. The lowest BCUT2D eigenvalue weighted by molar-refractivity contribution is -0.149. The zero-order valence-corrected chi connectivity index (χ0v) is 16.9. The van der Waals surface area contributed by atoms with Crippen molar-refractivity contribution in [2.75, 3.05) is 12.4 Å². The van der Waals surface area contributed by atoms with Crippen LogP contribution >= 0.6 is 27.7 Å². The van der Waals surface area contributed by atoms with Crippen LogP contribution in [0.5, 0.6) is 0 Å². The van der Waals surface area contributed by atoms with Crippen LogP contribution in [0.2, 0.25) is 0 Å². The number of rotatable bonds is 5. The van der Waals surface area contributed by atoms with Gasteiger partial charge in [-0.2, -0.15) is 0 Å². The van der Waals surface area contributed by atoms with Gasteiger partial charge in [0.15, 0.2) is 0 Å². The minimum absolute atomic E-state index is 0.0160. The number of ether oxygens (including phenoxy) is 1. The lowest BCUT2D eigenvalue weighted by atomic mass is 10.1. The second-order valence-electron chi connectivity index (χ2n) is 6.73. The minimum Gasteiger partial charge on any atom is -0.464 e. The molecular weight excluding hydrogens is 390 g/mol. The van der Waals surface area contributed by atoms with E-state index in [0.29, 0.717) is 17.9 Å². The molecule has 24 heavy (non-hydrogen) atoms. The first-order valence-corrected chi connectivity index (χ1v) is 10.0. The molecule has 1 saturated heterocycles. The van der Waals surface area contributed by atoms with Gasteiger partial charge in [0.05, 0.1) is 12.0 Å². The summed E-state index contributed by atoms with van der Waals surface area (Å²) >= 11 is 5.03. The number of hydrogen-bond donors (Lipinski definition) is 0. The van der Waals surface area contributed by atoms with Gasteiger partial charge >= 0.3 is 5.97 Å². The Bertz CT molecular complexity index is 588. The molecule has 2 unspecified atom stereocenters. The predicted molar refractivity (Wildman–Crippen MR) is 101 cm³/mol. The third kappa shape index (κ3) is 4.54. The highest BCUT2D eigenvalue weighted by molar-refractivity contribution is 9.10. The molecule has 1 amide bonds. The number of benzene rings is 1. The van der Waals surface area contributed by atoms with Crippen LogP contribution in [0.15, 0.2) is 28.7 Å². The third-order valence-corrected chi connectivity index (χ3v) is 5.91. The summed E-state index contributed by atoms with van der Waals surface area (Å²) in [4.78, 5) is 27.2. The monoisotopic (exact) mass is 413 g/mol. The fourth-order valence-corrected chi connectivity index (χ4v) is 4.30. The summed E-state index contributed by atoms with van der Waals surface area (Å²) in [5.74, 6) is 0.710. The van der Waals surface area contributed by atoms with Crippen LogP contribution in [0.25, 0.3) is 0 Å². The van der Waals surface area contributed by atoms with Crippen molar-refractivity contribution in [3.8, 4) is 0 Å². The number of amides is 1. The van der Waals surface area contributed by atoms with Crippen molar-refractivity contribution in [2.45, 2.75) is 39.1 Å². The summed E-state index contributed by atoms with van der Waals surface area (Å²) < 4.78 is 6.32. The number of nitrogens with zero attached hydrogens (tertiary/aromatic N) is 1. The first-order chi connectivity index (χ1) is 11.3. The first kappa shape index (κ1) is 19.3. The molecule has 1 heterocycles. The zero-order valence-electron chi connectivity index (χ0n) is 14.5. The Morgan fingerprint density at radius 3 is 2.42 bits per heavy atom. The Kier molecular flexibility index (Phi) is 6.75. The molecule has 0 spiro atoms. The van der Waals surface area contributed by atoms with E-state index in [4.69, 9.17) is 4.74 Å². The van der Waals surface area contributed by atoms with Gasteiger partial charge in [0.1, 0.15) is 6.04 Å². The molecule has 2 rings (SSSR count). The lowest BCUT2D eigenvalue weighted by Gasteiger charge is -2.30. The van der Waals surface area contributed by atoms with Crippen molar-refractivity contribution >= 4 is 39.6 Å². The molecule has 6 heteroatoms. The third-order valence-electron chi connectivity index (χ3n) is 3.76. The molecule has 0 aliphatic carbocycles. The van der Waals surface area contributed by atoms with Crippen molar-refractivity contribution in [1.29, 1.82) is 0 Å². The highest BCUT2D eigenvalue weighted by atomic mass is 79.9. The highest BCUT2D eigenvalue weighted by Crippen LogP contribution is 2.35. The largest absolute Gasteiger partial charge is 0.464 e. The van der Waals surface area contributed by atoms with E-state index >= 15 is 0 Å². The second kappa shape index (κ2) is 8.39. The van der Waals surface area contributed by atoms with Crippen LogP contribution in [-0.2, 0) is 9.53 Å². The molecule has 0 N–H and O–H groups in total. The van der Waals surface area contributed by atoms with Crippen LogP contribution in [0.4, 0.5) is 0 Å². The SMILES string of the molecule is CC(C)COC(=O)C1CSC(C(C)C)N1C(=O)c1ccc(Br)cc1. The highest BCUT2D eigenvalue weighted by Gasteiger charge is 2.43. The average molecular weight is 414 g/mol. The molecule has 2 atom stereocenters. The normalized spacial score (nSPS) is 20.7. The molecule has 0 bridgehead atoms. The average Bonchev–Trinajstić information content (AvgIpc) is 2.97. The smallest absolute Gasteiger partial charge is 0.329 e. The zero-order chi connectivity index (χ0) is 17.9. The quantitative estimate of drug-likeness (QED) is 0.678. The summed E-state index contributed by atoms with van der Waals surface area (Å²) in [7, 11) is 0. The first-order valence-electron chi connectivity index (χ1n) is 8.17. The van der Waals surface area contributed by atoms with Gasteiger partial charge in [-0.05, 0) is 36.1 Å². The van der Waals surface area contributed by atoms with Crippen LogP contribution in [-0.4, -0.2) is 40.6 Å². The van der Waals surface area contributed by atoms with Crippen molar-refractivity contribution in [1.82, 2.24) is 4.90 Å². The van der Waals surface area contributed by atoms with Gasteiger partial charge in [0.2, 0.25) is 0 Å². The minimum atomic E-state index is -0.516. The number of carbonyl (C=O) groups is 2. The van der Waals surface area contributed by atoms with Crippen molar-refractivity contribution in [3.63, 3.8) is 0 Å². The summed E-state index contributed by atoms with van der Waals surface area (Å²) in [6, 6.07) is 6.73. The van der Waals surface area contributed by atoms with Gasteiger partial charge < -0.3 is 9.64 Å². The van der Waals surface area contributed by atoms with Crippen molar-refractivity contribution in [3.05, 3.63) is 34.3 Å². The van der Waals surface area contributed by atoms with E-state index in [2.05, 4.69) is 29.8 Å². The summed E-state index contributed by atoms with van der Waals surface area (Å²) in [6.07, 6.45) is 0. The fraction of sp³-hybridized carbons (Fsp3) is 0.556. The number of esters is 1. The van der Waals surface area contributed by atoms with E-state index in [1.165, 1.54) is 0 Å². The van der Waals surface area contributed by atoms with Crippen LogP contribution in [0.3, 0.4) is 0 Å². The number of carbonyl (C=O) groups excluding carboxylic acids is 2. The molecular formula is C18H24BrNO3S. The van der Waals surface area contributed by atoms with E-state index in [9.17, 15) is 9.59 Å². The van der Waals surface area contributed by atoms with E-state index in [0.717, 1.165) is 4.47 Å². The fourth-order valence-electron chi connectivity index (χ4n) is 2.57. The van der Waals surface area contributed by atoms with Crippen molar-refractivity contribution in [2.24, 2.45) is 11.8 Å². The second-order valence-corrected chi connectivity index (χ2v) is 8.79. The van der Waals surface area contributed by atoms with Gasteiger partial charge in [-0.1, -0.05) is 43.6 Å². The molecule has 1 fully saturated rings. The summed E-state index contributed by atoms with van der Waals surface area (Å²) in [5, 5.41) is -0.0160.